The summed E-state index contributed by atoms with van der Waals surface area (Å²) in [6, 6.07) is 9.05. The van der Waals surface area contributed by atoms with Gasteiger partial charge >= 0.3 is 0 Å². The molecule has 180 valence electrons. The van der Waals surface area contributed by atoms with Crippen molar-refractivity contribution in [2.45, 2.75) is 23.6 Å². The predicted molar refractivity (Wildman–Crippen MR) is 131 cm³/mol. The normalized spacial score (nSPS) is 24.2. The van der Waals surface area contributed by atoms with Gasteiger partial charge in [-0.1, -0.05) is 11.6 Å². The molecule has 2 fully saturated rings. The lowest BCUT2D eigenvalue weighted by molar-refractivity contribution is 0.0299. The number of fused-ring (bicyclic) bond motifs is 2. The molecule has 0 spiro atoms. The highest BCUT2D eigenvalue weighted by Crippen LogP contribution is 2.39. The Morgan fingerprint density at radius 2 is 1.91 bits per heavy atom. The predicted octanol–water partition coefficient (Wildman–Crippen LogP) is 3.76. The summed E-state index contributed by atoms with van der Waals surface area (Å²) in [6.07, 6.45) is 1.13. The second-order valence-electron chi connectivity index (χ2n) is 8.12. The number of nitrogens with zero attached hydrogens (tertiary/aromatic N) is 2. The number of anilines is 2. The maximum Gasteiger partial charge on any atom is 0.164 e. The fourth-order valence-electron chi connectivity index (χ4n) is 4.19. The van der Waals surface area contributed by atoms with Crippen molar-refractivity contribution in [3.05, 3.63) is 46.2 Å². The summed E-state index contributed by atoms with van der Waals surface area (Å²) >= 11 is 9.59. The molecular formula is C22H21BrClN3O6S. The van der Waals surface area contributed by atoms with Crippen LogP contribution >= 0.6 is 27.5 Å². The molecule has 1 aromatic heterocycles. The third-order valence-electron chi connectivity index (χ3n) is 5.89. The van der Waals surface area contributed by atoms with Gasteiger partial charge in [-0.05, 0) is 40.2 Å². The second kappa shape index (κ2) is 9.12. The van der Waals surface area contributed by atoms with Gasteiger partial charge in [0.15, 0.2) is 27.4 Å². The molecule has 4 atom stereocenters. The SMILES string of the molecule is COc1cc2c(Nc3ccc(Br)c(Cl)c3)ncnc2cc1O[C@@H]1CO[C@@H]2[C@H]1OC[C@H]2S(C)(=O)=O. The number of hydrogen-bond acceptors (Lipinski definition) is 9. The van der Waals surface area contributed by atoms with Crippen LogP contribution in [0.15, 0.2) is 41.1 Å². The van der Waals surface area contributed by atoms with Crippen LogP contribution in [0, 0.1) is 0 Å². The number of halogens is 2. The molecule has 0 saturated carbocycles. The summed E-state index contributed by atoms with van der Waals surface area (Å²) in [5, 5.41) is 3.86. The Bertz CT molecular complexity index is 1360. The van der Waals surface area contributed by atoms with E-state index in [2.05, 4.69) is 31.2 Å². The first kappa shape index (κ1) is 23.6. The summed E-state index contributed by atoms with van der Waals surface area (Å²) < 4.78 is 48.1. The lowest BCUT2D eigenvalue weighted by atomic mass is 10.1. The maximum absolute atomic E-state index is 12.0. The largest absolute Gasteiger partial charge is 0.493 e. The number of sulfone groups is 1. The van der Waals surface area contributed by atoms with Gasteiger partial charge in [-0.15, -0.1) is 0 Å². The molecule has 3 heterocycles. The molecule has 0 amide bonds. The molecule has 12 heteroatoms. The van der Waals surface area contributed by atoms with Gasteiger partial charge < -0.3 is 24.3 Å². The van der Waals surface area contributed by atoms with E-state index in [1.807, 2.05) is 12.1 Å². The van der Waals surface area contributed by atoms with Gasteiger partial charge in [0, 0.05) is 27.9 Å². The van der Waals surface area contributed by atoms with Gasteiger partial charge in [0.25, 0.3) is 0 Å². The number of nitrogens with one attached hydrogen (secondary N) is 1. The number of ether oxygens (including phenoxy) is 4. The fourth-order valence-corrected chi connectivity index (χ4v) is 5.66. The van der Waals surface area contributed by atoms with Gasteiger partial charge in [0.05, 0.1) is 30.9 Å². The van der Waals surface area contributed by atoms with E-state index in [0.29, 0.717) is 27.9 Å². The van der Waals surface area contributed by atoms with Gasteiger partial charge in [-0.25, -0.2) is 18.4 Å². The first-order valence-electron chi connectivity index (χ1n) is 10.4. The Morgan fingerprint density at radius 1 is 1.12 bits per heavy atom. The number of methoxy groups -OCH3 is 1. The zero-order valence-corrected chi connectivity index (χ0v) is 21.4. The van der Waals surface area contributed by atoms with Crippen molar-refractivity contribution < 1.29 is 27.4 Å². The molecule has 5 rings (SSSR count). The number of rotatable bonds is 6. The van der Waals surface area contributed by atoms with Crippen molar-refractivity contribution in [1.82, 2.24) is 9.97 Å². The van der Waals surface area contributed by atoms with E-state index in [1.54, 1.807) is 25.3 Å². The fraction of sp³-hybridized carbons (Fsp3) is 0.364. The molecule has 0 unspecified atom stereocenters. The lowest BCUT2D eigenvalue weighted by Crippen LogP contribution is -2.37. The molecule has 0 bridgehead atoms. The molecule has 34 heavy (non-hydrogen) atoms. The van der Waals surface area contributed by atoms with E-state index in [9.17, 15) is 8.42 Å². The summed E-state index contributed by atoms with van der Waals surface area (Å²) in [5.74, 6) is 1.50. The highest BCUT2D eigenvalue weighted by atomic mass is 79.9. The van der Waals surface area contributed by atoms with Crippen LogP contribution in [0.25, 0.3) is 10.9 Å². The summed E-state index contributed by atoms with van der Waals surface area (Å²) in [5.41, 5.74) is 1.40. The zero-order chi connectivity index (χ0) is 24.0. The molecule has 0 radical (unpaired) electrons. The zero-order valence-electron chi connectivity index (χ0n) is 18.2. The highest BCUT2D eigenvalue weighted by molar-refractivity contribution is 9.10. The minimum Gasteiger partial charge on any atom is -0.493 e. The summed E-state index contributed by atoms with van der Waals surface area (Å²) in [7, 11) is -1.75. The van der Waals surface area contributed by atoms with Crippen molar-refractivity contribution in [3.8, 4) is 11.5 Å². The Labute approximate surface area is 209 Å². The third kappa shape index (κ3) is 4.42. The molecule has 3 aromatic rings. The minimum absolute atomic E-state index is 0.0885. The molecule has 0 aliphatic carbocycles. The van der Waals surface area contributed by atoms with Crippen molar-refractivity contribution in [1.29, 1.82) is 0 Å². The van der Waals surface area contributed by atoms with E-state index in [0.717, 1.165) is 15.5 Å². The van der Waals surface area contributed by atoms with Crippen LogP contribution in [0.3, 0.4) is 0 Å². The van der Waals surface area contributed by atoms with Crippen molar-refractivity contribution in [2.24, 2.45) is 0 Å². The van der Waals surface area contributed by atoms with Gasteiger partial charge in [-0.3, -0.25) is 0 Å². The maximum atomic E-state index is 12.0. The Morgan fingerprint density at radius 3 is 2.65 bits per heavy atom. The van der Waals surface area contributed by atoms with Gasteiger partial charge in [-0.2, -0.15) is 0 Å². The van der Waals surface area contributed by atoms with Crippen LogP contribution in [0.5, 0.6) is 11.5 Å². The van der Waals surface area contributed by atoms with Crippen LogP contribution in [0.2, 0.25) is 5.02 Å². The Kier molecular flexibility index (Phi) is 6.32. The highest BCUT2D eigenvalue weighted by Gasteiger charge is 2.52. The molecule has 1 N–H and O–H groups in total. The topological polar surface area (TPSA) is 109 Å². The number of benzene rings is 2. The molecule has 2 aliphatic rings. The van der Waals surface area contributed by atoms with E-state index in [1.165, 1.54) is 12.6 Å². The van der Waals surface area contributed by atoms with E-state index in [4.69, 9.17) is 30.5 Å². The van der Waals surface area contributed by atoms with E-state index in [-0.39, 0.29) is 13.2 Å². The van der Waals surface area contributed by atoms with Crippen molar-refractivity contribution >= 4 is 59.8 Å². The average molecular weight is 571 g/mol. The molecule has 9 nitrogen and oxygen atoms in total. The molecule has 2 aliphatic heterocycles. The smallest absolute Gasteiger partial charge is 0.164 e. The van der Waals surface area contributed by atoms with Crippen LogP contribution in [0.1, 0.15) is 0 Å². The van der Waals surface area contributed by atoms with Crippen molar-refractivity contribution in [2.75, 3.05) is 31.9 Å². The summed E-state index contributed by atoms with van der Waals surface area (Å²) in [6.45, 7) is 0.300. The first-order valence-corrected chi connectivity index (χ1v) is 13.5. The number of hydrogen-bond donors (Lipinski definition) is 1. The Balaban J connectivity index is 1.43. The van der Waals surface area contributed by atoms with Gasteiger partial charge in [0.2, 0.25) is 0 Å². The number of aromatic nitrogens is 2. The van der Waals surface area contributed by atoms with Crippen LogP contribution in [0.4, 0.5) is 11.5 Å². The first-order chi connectivity index (χ1) is 16.2. The van der Waals surface area contributed by atoms with Crippen LogP contribution in [-0.2, 0) is 19.3 Å². The van der Waals surface area contributed by atoms with Gasteiger partial charge in [0.1, 0.15) is 29.6 Å². The second-order valence-corrected chi connectivity index (χ2v) is 11.6. The van der Waals surface area contributed by atoms with Crippen molar-refractivity contribution in [3.63, 3.8) is 0 Å². The van der Waals surface area contributed by atoms with E-state index < -0.39 is 33.4 Å². The van der Waals surface area contributed by atoms with E-state index >= 15 is 0 Å². The monoisotopic (exact) mass is 569 g/mol. The molecular weight excluding hydrogens is 550 g/mol. The lowest BCUT2D eigenvalue weighted by Gasteiger charge is -2.20. The Hall–Kier alpha value is -2.18. The third-order valence-corrected chi connectivity index (χ3v) is 8.63. The summed E-state index contributed by atoms with van der Waals surface area (Å²) in [4.78, 5) is 8.74. The van der Waals surface area contributed by atoms with Crippen LogP contribution in [-0.4, -0.2) is 68.5 Å². The minimum atomic E-state index is -3.30. The quantitative estimate of drug-likeness (QED) is 0.474. The molecule has 2 aromatic carbocycles. The average Bonchev–Trinajstić information content (AvgIpc) is 3.39. The van der Waals surface area contributed by atoms with Crippen LogP contribution < -0.4 is 14.8 Å². The molecule has 2 saturated heterocycles. The standard InChI is InChI=1S/C22H21BrClN3O6S/c1-30-16-6-12-15(25-10-26-22(12)27-11-3-4-13(23)14(24)5-11)7-17(16)33-18-8-31-21-19(34(2,28)29)9-32-20(18)21/h3-7,10,18-21H,8-9H2,1-2H3,(H,25,26,27)/t18-,19-,20+,21+/m1/s1.